The zero-order valence-corrected chi connectivity index (χ0v) is 14.5. The van der Waals surface area contributed by atoms with Crippen molar-refractivity contribution in [2.75, 3.05) is 20.7 Å². The van der Waals surface area contributed by atoms with E-state index in [1.165, 1.54) is 19.2 Å². The SMILES string of the molecule is CNCCC(=O)NC(CC(=O)OC)c1ccc(OC(F)(F)F)cc1.Cl. The van der Waals surface area contributed by atoms with E-state index in [2.05, 4.69) is 20.1 Å². The maximum atomic E-state index is 12.2. The summed E-state index contributed by atoms with van der Waals surface area (Å²) in [5.41, 5.74) is 0.465. The van der Waals surface area contributed by atoms with E-state index in [9.17, 15) is 22.8 Å². The van der Waals surface area contributed by atoms with Gasteiger partial charge in [0.05, 0.1) is 19.6 Å². The molecule has 0 spiro atoms. The molecule has 0 aromatic heterocycles. The Morgan fingerprint density at radius 3 is 2.28 bits per heavy atom. The Morgan fingerprint density at radius 2 is 1.80 bits per heavy atom. The number of carbonyl (C=O) groups is 2. The molecule has 10 heteroatoms. The Bertz CT molecular complexity index is 553. The number of hydrogen-bond donors (Lipinski definition) is 2. The topological polar surface area (TPSA) is 76.7 Å². The van der Waals surface area contributed by atoms with Crippen LogP contribution < -0.4 is 15.4 Å². The summed E-state index contributed by atoms with van der Waals surface area (Å²) in [6.45, 7) is 0.454. The van der Waals surface area contributed by atoms with Crippen LogP contribution in [0.5, 0.6) is 5.75 Å². The van der Waals surface area contributed by atoms with Gasteiger partial charge in [-0.05, 0) is 24.7 Å². The summed E-state index contributed by atoms with van der Waals surface area (Å²) in [7, 11) is 2.90. The van der Waals surface area contributed by atoms with Crippen molar-refractivity contribution in [2.45, 2.75) is 25.2 Å². The van der Waals surface area contributed by atoms with E-state index in [1.54, 1.807) is 7.05 Å². The summed E-state index contributed by atoms with van der Waals surface area (Å²) in [5.74, 6) is -1.23. The molecule has 0 fully saturated rings. The van der Waals surface area contributed by atoms with Crippen molar-refractivity contribution < 1.29 is 32.2 Å². The van der Waals surface area contributed by atoms with Crippen molar-refractivity contribution in [1.29, 1.82) is 0 Å². The Balaban J connectivity index is 0.00000576. The van der Waals surface area contributed by atoms with Gasteiger partial charge in [-0.15, -0.1) is 25.6 Å². The molecule has 0 heterocycles. The normalized spacial score (nSPS) is 11.9. The molecule has 0 radical (unpaired) electrons. The van der Waals surface area contributed by atoms with Gasteiger partial charge in [-0.2, -0.15) is 0 Å². The van der Waals surface area contributed by atoms with Gasteiger partial charge in [0.1, 0.15) is 5.75 Å². The first kappa shape index (κ1) is 23.0. The van der Waals surface area contributed by atoms with Crippen molar-refractivity contribution in [3.8, 4) is 5.75 Å². The fraction of sp³-hybridized carbons (Fsp3) is 0.467. The third-order valence-electron chi connectivity index (χ3n) is 3.05. The largest absolute Gasteiger partial charge is 0.573 e. The van der Waals surface area contributed by atoms with E-state index in [-0.39, 0.29) is 36.9 Å². The summed E-state index contributed by atoms with van der Waals surface area (Å²) in [4.78, 5) is 23.3. The zero-order valence-electron chi connectivity index (χ0n) is 13.7. The molecule has 2 N–H and O–H groups in total. The van der Waals surface area contributed by atoms with Crippen LogP contribution in [0.25, 0.3) is 0 Å². The molecule has 0 saturated heterocycles. The molecular weight excluding hydrogens is 365 g/mol. The molecule has 142 valence electrons. The molecule has 0 bridgehead atoms. The lowest BCUT2D eigenvalue weighted by atomic mass is 10.0. The van der Waals surface area contributed by atoms with Gasteiger partial charge in [-0.25, -0.2) is 0 Å². The number of alkyl halides is 3. The number of ether oxygens (including phenoxy) is 2. The Morgan fingerprint density at radius 1 is 1.20 bits per heavy atom. The zero-order chi connectivity index (χ0) is 18.2. The van der Waals surface area contributed by atoms with E-state index in [0.29, 0.717) is 12.1 Å². The van der Waals surface area contributed by atoms with Crippen LogP contribution in [0.15, 0.2) is 24.3 Å². The summed E-state index contributed by atoms with van der Waals surface area (Å²) < 4.78 is 44.9. The van der Waals surface area contributed by atoms with Crippen molar-refractivity contribution in [2.24, 2.45) is 0 Å². The summed E-state index contributed by atoms with van der Waals surface area (Å²) in [6, 6.07) is 4.24. The lowest BCUT2D eigenvalue weighted by Gasteiger charge is -2.19. The molecule has 1 aromatic carbocycles. The number of hydrogen-bond acceptors (Lipinski definition) is 5. The molecular formula is C15H20ClF3N2O4. The lowest BCUT2D eigenvalue weighted by Crippen LogP contribution is -2.32. The number of carbonyl (C=O) groups excluding carboxylic acids is 2. The molecule has 0 aliphatic rings. The minimum absolute atomic E-state index is 0. The van der Waals surface area contributed by atoms with Crippen molar-refractivity contribution in [3.63, 3.8) is 0 Å². The number of amides is 1. The fourth-order valence-corrected chi connectivity index (χ4v) is 1.91. The number of halogens is 4. The van der Waals surface area contributed by atoms with Gasteiger partial charge < -0.3 is 20.1 Å². The summed E-state index contributed by atoms with van der Waals surface area (Å²) in [5, 5.41) is 5.48. The smallest absolute Gasteiger partial charge is 0.469 e. The third kappa shape index (κ3) is 9.16. The number of nitrogens with one attached hydrogen (secondary N) is 2. The minimum Gasteiger partial charge on any atom is -0.469 e. The Kier molecular flexibility index (Phi) is 9.92. The second-order valence-electron chi connectivity index (χ2n) is 4.87. The summed E-state index contributed by atoms with van der Waals surface area (Å²) in [6.07, 6.45) is -4.72. The van der Waals surface area contributed by atoms with Crippen LogP contribution in [0.2, 0.25) is 0 Å². The van der Waals surface area contributed by atoms with Crippen molar-refractivity contribution >= 4 is 24.3 Å². The molecule has 25 heavy (non-hydrogen) atoms. The molecule has 1 rings (SSSR count). The number of methoxy groups -OCH3 is 1. The standard InChI is InChI=1S/C15H19F3N2O4.ClH/c1-19-8-7-13(21)20-12(9-14(22)23-2)10-3-5-11(6-4-10)24-15(16,17)18;/h3-6,12,19H,7-9H2,1-2H3,(H,20,21);1H. The lowest BCUT2D eigenvalue weighted by molar-refractivity contribution is -0.274. The highest BCUT2D eigenvalue weighted by atomic mass is 35.5. The first-order valence-corrected chi connectivity index (χ1v) is 7.11. The first-order chi connectivity index (χ1) is 11.2. The second kappa shape index (κ2) is 10.8. The molecule has 1 aromatic rings. The highest BCUT2D eigenvalue weighted by Gasteiger charge is 2.31. The van der Waals surface area contributed by atoms with Crippen LogP contribution in [0.4, 0.5) is 13.2 Å². The average Bonchev–Trinajstić information content (AvgIpc) is 2.51. The van der Waals surface area contributed by atoms with E-state index >= 15 is 0 Å². The number of benzene rings is 1. The molecule has 1 amide bonds. The van der Waals surface area contributed by atoms with Crippen LogP contribution in [0.3, 0.4) is 0 Å². The van der Waals surface area contributed by atoms with Gasteiger partial charge in [0.2, 0.25) is 5.91 Å². The Hall–Kier alpha value is -2.00. The van der Waals surface area contributed by atoms with E-state index in [0.717, 1.165) is 12.1 Å². The summed E-state index contributed by atoms with van der Waals surface area (Å²) >= 11 is 0. The van der Waals surface area contributed by atoms with Gasteiger partial charge in [0.15, 0.2) is 0 Å². The molecule has 1 unspecified atom stereocenters. The van der Waals surface area contributed by atoms with Crippen molar-refractivity contribution in [3.05, 3.63) is 29.8 Å². The van der Waals surface area contributed by atoms with Crippen LogP contribution in [0, 0.1) is 0 Å². The van der Waals surface area contributed by atoms with Gasteiger partial charge in [-0.3, -0.25) is 9.59 Å². The van der Waals surface area contributed by atoms with E-state index in [4.69, 9.17) is 0 Å². The second-order valence-corrected chi connectivity index (χ2v) is 4.87. The van der Waals surface area contributed by atoms with Gasteiger partial charge in [0, 0.05) is 13.0 Å². The minimum atomic E-state index is -4.78. The highest BCUT2D eigenvalue weighted by molar-refractivity contribution is 5.85. The molecule has 0 aliphatic heterocycles. The van der Waals surface area contributed by atoms with E-state index < -0.39 is 18.4 Å². The first-order valence-electron chi connectivity index (χ1n) is 7.11. The number of rotatable bonds is 8. The monoisotopic (exact) mass is 384 g/mol. The van der Waals surface area contributed by atoms with Crippen LogP contribution >= 0.6 is 12.4 Å². The quantitative estimate of drug-likeness (QED) is 0.673. The maximum absolute atomic E-state index is 12.2. The van der Waals surface area contributed by atoms with Crippen LogP contribution in [0.1, 0.15) is 24.4 Å². The predicted molar refractivity (Wildman–Crippen MR) is 86.4 cm³/mol. The van der Waals surface area contributed by atoms with Gasteiger partial charge in [0.25, 0.3) is 0 Å². The molecule has 0 aliphatic carbocycles. The van der Waals surface area contributed by atoms with Gasteiger partial charge >= 0.3 is 12.3 Å². The Labute approximate surface area is 149 Å². The highest BCUT2D eigenvalue weighted by Crippen LogP contribution is 2.25. The molecule has 0 saturated carbocycles. The average molecular weight is 385 g/mol. The van der Waals surface area contributed by atoms with E-state index in [1.807, 2.05) is 0 Å². The van der Waals surface area contributed by atoms with Crippen molar-refractivity contribution in [1.82, 2.24) is 10.6 Å². The fourth-order valence-electron chi connectivity index (χ4n) is 1.91. The maximum Gasteiger partial charge on any atom is 0.573 e. The van der Waals surface area contributed by atoms with Gasteiger partial charge in [-0.1, -0.05) is 12.1 Å². The van der Waals surface area contributed by atoms with Crippen LogP contribution in [-0.2, 0) is 14.3 Å². The predicted octanol–water partition coefficient (Wildman–Crippen LogP) is 2.34. The number of esters is 1. The molecule has 6 nitrogen and oxygen atoms in total. The third-order valence-corrected chi connectivity index (χ3v) is 3.05. The molecule has 1 atom stereocenters. The van der Waals surface area contributed by atoms with Crippen LogP contribution in [-0.4, -0.2) is 38.9 Å².